The van der Waals surface area contributed by atoms with E-state index in [2.05, 4.69) is 36.2 Å². The normalized spacial score (nSPS) is 20.3. The molecule has 3 saturated heterocycles. The molecule has 3 aliphatic rings. The Morgan fingerprint density at radius 3 is 2.49 bits per heavy atom. The number of carbonyl (C=O) groups excluding carboxylic acids is 1. The lowest BCUT2D eigenvalue weighted by Crippen LogP contribution is -2.57. The number of pyridine rings is 1. The fourth-order valence-electron chi connectivity index (χ4n) is 8.98. The topological polar surface area (TPSA) is 161 Å². The number of nitrogens with one attached hydrogen (secondary N) is 1. The van der Waals surface area contributed by atoms with Gasteiger partial charge in [-0.1, -0.05) is 36.3 Å². The number of terminal acetylenes is 1. The number of hydrogen-bond donors (Lipinski definition) is 1. The van der Waals surface area contributed by atoms with Crippen molar-refractivity contribution in [2.45, 2.75) is 81.6 Å². The number of carbonyl (C=O) groups is 1. The van der Waals surface area contributed by atoms with Crippen molar-refractivity contribution in [3.63, 3.8) is 0 Å². The average Bonchev–Trinajstić information content (AvgIpc) is 3.93. The number of halogens is 2. The van der Waals surface area contributed by atoms with E-state index in [0.29, 0.717) is 65.1 Å². The van der Waals surface area contributed by atoms with Gasteiger partial charge in [0.2, 0.25) is 0 Å². The Morgan fingerprint density at radius 2 is 1.78 bits per heavy atom. The summed E-state index contributed by atoms with van der Waals surface area (Å²) in [7, 11) is -1.97. The van der Waals surface area contributed by atoms with Crippen LogP contribution in [-0.2, 0) is 14.8 Å². The van der Waals surface area contributed by atoms with E-state index in [9.17, 15) is 13.2 Å². The zero-order valence-electron chi connectivity index (χ0n) is 35.4. The number of aromatic nitrogens is 6. The molecule has 2 bridgehead atoms. The molecule has 3 aliphatic heterocycles. The molecule has 15 nitrogen and oxygen atoms in total. The number of anilines is 2. The quantitative estimate of drug-likeness (QED) is 0.159. The fraction of sp³-hybridized carbons (Fsp3) is 0.378. The molecule has 18 heteroatoms. The Balaban J connectivity index is 1.01. The van der Waals surface area contributed by atoms with Gasteiger partial charge in [0.25, 0.3) is 10.0 Å². The number of amides is 1. The number of fused-ring (bicyclic) bond motifs is 4. The maximum atomic E-state index is 17.2. The Morgan fingerprint density at radius 1 is 1.02 bits per heavy atom. The van der Waals surface area contributed by atoms with E-state index in [4.69, 9.17) is 20.9 Å². The van der Waals surface area contributed by atoms with Crippen molar-refractivity contribution < 1.29 is 31.5 Å². The minimum absolute atomic E-state index is 0.00296. The first-order chi connectivity index (χ1) is 30.1. The van der Waals surface area contributed by atoms with E-state index in [0.717, 1.165) is 16.9 Å². The maximum absolute atomic E-state index is 17.2. The summed E-state index contributed by atoms with van der Waals surface area (Å²) in [4.78, 5) is 37.5. The van der Waals surface area contributed by atoms with Crippen LogP contribution in [0.15, 0.2) is 72.0 Å². The van der Waals surface area contributed by atoms with Gasteiger partial charge in [0, 0.05) is 54.6 Å². The third-order valence-corrected chi connectivity index (χ3v) is 13.4. The molecule has 0 spiro atoms. The molecular formula is C45H46F2N10O5S. The first kappa shape index (κ1) is 41.9. The van der Waals surface area contributed by atoms with Crippen LogP contribution < -0.4 is 15.0 Å². The highest BCUT2D eigenvalue weighted by molar-refractivity contribution is 7.89. The number of ether oxygens (including phenoxy) is 2. The lowest BCUT2D eigenvalue weighted by atomic mass is 9.96. The van der Waals surface area contributed by atoms with Crippen LogP contribution in [0, 0.1) is 30.9 Å². The van der Waals surface area contributed by atoms with Crippen LogP contribution in [0.4, 0.5) is 25.1 Å². The van der Waals surface area contributed by atoms with Crippen LogP contribution in [0.25, 0.3) is 32.9 Å². The highest BCUT2D eigenvalue weighted by Crippen LogP contribution is 2.39. The molecule has 63 heavy (non-hydrogen) atoms. The number of nitrogens with zero attached hydrogens (tertiary/aromatic N) is 9. The molecule has 1 amide bonds. The van der Waals surface area contributed by atoms with Crippen LogP contribution in [-0.4, -0.2) is 116 Å². The second-order valence-electron chi connectivity index (χ2n) is 17.3. The van der Waals surface area contributed by atoms with Crippen molar-refractivity contribution in [3.8, 4) is 29.6 Å². The monoisotopic (exact) mass is 876 g/mol. The van der Waals surface area contributed by atoms with Crippen molar-refractivity contribution in [3.05, 3.63) is 90.1 Å². The Hall–Kier alpha value is -6.45. The summed E-state index contributed by atoms with van der Waals surface area (Å²) in [5.41, 5.74) is 0.193. The lowest BCUT2D eigenvalue weighted by molar-refractivity contribution is 0.0122. The summed E-state index contributed by atoms with van der Waals surface area (Å²) in [6.45, 7) is 8.74. The number of piperazine rings is 1. The molecule has 0 unspecified atom stereocenters. The van der Waals surface area contributed by atoms with Crippen LogP contribution in [0.2, 0.25) is 0 Å². The smallest absolute Gasteiger partial charge is 0.410 e. The molecule has 0 saturated carbocycles. The zero-order valence-corrected chi connectivity index (χ0v) is 36.2. The summed E-state index contributed by atoms with van der Waals surface area (Å²) in [5.74, 6) is 1.84. The van der Waals surface area contributed by atoms with Crippen LogP contribution in [0.5, 0.6) is 6.01 Å². The van der Waals surface area contributed by atoms with Gasteiger partial charge in [0.15, 0.2) is 5.82 Å². The molecule has 1 N–H and O–H groups in total. The number of benzene rings is 3. The number of hydrogen-bond acceptors (Lipinski definition) is 13. The van der Waals surface area contributed by atoms with Gasteiger partial charge in [-0.3, -0.25) is 14.8 Å². The maximum Gasteiger partial charge on any atom is 0.410 e. The summed E-state index contributed by atoms with van der Waals surface area (Å²) in [6, 6.07) is 14.0. The van der Waals surface area contributed by atoms with Gasteiger partial charge < -0.3 is 19.7 Å². The lowest BCUT2D eigenvalue weighted by Gasteiger charge is -2.42. The zero-order chi connectivity index (χ0) is 44.4. The Bertz CT molecular complexity index is 2920. The summed E-state index contributed by atoms with van der Waals surface area (Å²) in [5, 5.41) is 8.78. The molecule has 3 aromatic heterocycles. The molecule has 6 heterocycles. The summed E-state index contributed by atoms with van der Waals surface area (Å²) in [6.07, 6.45) is 10.3. The van der Waals surface area contributed by atoms with Gasteiger partial charge in [0.05, 0.1) is 27.9 Å². The molecule has 326 valence electrons. The van der Waals surface area contributed by atoms with Crippen molar-refractivity contribution >= 4 is 49.3 Å². The molecular weight excluding hydrogens is 831 g/mol. The van der Waals surface area contributed by atoms with Gasteiger partial charge in [0.1, 0.15) is 47.2 Å². The van der Waals surface area contributed by atoms with Crippen LogP contribution >= 0.6 is 0 Å². The first-order valence-electron chi connectivity index (χ1n) is 20.7. The van der Waals surface area contributed by atoms with E-state index in [1.54, 1.807) is 49.4 Å². The van der Waals surface area contributed by atoms with E-state index in [1.165, 1.54) is 24.7 Å². The second kappa shape index (κ2) is 16.0. The molecule has 3 aromatic carbocycles. The van der Waals surface area contributed by atoms with Crippen molar-refractivity contribution in [2.24, 2.45) is 0 Å². The SMILES string of the molecule is C#Cc1c(F)ccc2cccc(-c3ncc4c(N5C[C@H]6CC[C@@H](C5)N6C(=O)OC(C)(C)C)nc(OC[C@@H]5C[C@@H](Nc6cccc(S(=O)(=O)n7cnc(C)n7)c6)CN5C)nc4c3F)c12. The number of aryl methyl sites for hydroxylation is 1. The third-order valence-electron chi connectivity index (χ3n) is 11.9. The highest BCUT2D eigenvalue weighted by atomic mass is 32.2. The van der Waals surface area contributed by atoms with Crippen LogP contribution in [0.1, 0.15) is 51.4 Å². The van der Waals surface area contributed by atoms with Gasteiger partial charge in [-0.25, -0.2) is 18.6 Å². The third kappa shape index (κ3) is 7.95. The molecule has 4 atom stereocenters. The Labute approximate surface area is 363 Å². The van der Waals surface area contributed by atoms with Gasteiger partial charge in [-0.15, -0.1) is 15.6 Å². The van der Waals surface area contributed by atoms with Gasteiger partial charge >= 0.3 is 12.1 Å². The van der Waals surface area contributed by atoms with Crippen molar-refractivity contribution in [1.29, 1.82) is 0 Å². The average molecular weight is 877 g/mol. The number of rotatable bonds is 9. The van der Waals surface area contributed by atoms with Crippen molar-refractivity contribution in [2.75, 3.05) is 43.5 Å². The van der Waals surface area contributed by atoms with E-state index < -0.39 is 27.3 Å². The van der Waals surface area contributed by atoms with Gasteiger partial charge in [-0.2, -0.15) is 18.4 Å². The minimum Gasteiger partial charge on any atom is -0.462 e. The standard InChI is InChI=1S/C45H46F2N10O5S/c1-7-34-37(46)17-14-27-10-8-13-35(38(27)34)40-39(47)41-36(20-48-40)42(55-22-30-15-16-31(23-55)57(30)44(58)62-45(3,4)5)52-43(51-41)61-24-32-18-29(21-54(32)6)50-28-11-9-12-33(19-28)63(59,60)56-25-49-26(2)53-56/h1,8-14,17,19-20,25,29-32,50H,15-16,18,21-24H2,2-6H3/t29-,30-,31+,32+/m1/s1. The number of likely N-dealkylation sites (tertiary alicyclic amines) is 1. The molecule has 3 fully saturated rings. The highest BCUT2D eigenvalue weighted by Gasteiger charge is 2.45. The van der Waals surface area contributed by atoms with Crippen molar-refractivity contribution in [1.82, 2.24) is 38.9 Å². The molecule has 0 aliphatic carbocycles. The number of likely N-dealkylation sites (N-methyl/N-ethyl adjacent to an activating group) is 1. The first-order valence-corrected chi connectivity index (χ1v) is 22.2. The van der Waals surface area contributed by atoms with E-state index in [1.807, 2.05) is 37.6 Å². The van der Waals surface area contributed by atoms with E-state index in [-0.39, 0.29) is 64.5 Å². The largest absolute Gasteiger partial charge is 0.462 e. The van der Waals surface area contributed by atoms with Crippen LogP contribution in [0.3, 0.4) is 0 Å². The Kier molecular flexibility index (Phi) is 10.7. The summed E-state index contributed by atoms with van der Waals surface area (Å²) >= 11 is 0. The predicted octanol–water partition coefficient (Wildman–Crippen LogP) is 6.39. The molecule has 9 rings (SSSR count). The van der Waals surface area contributed by atoms with Gasteiger partial charge in [-0.05, 0) is 83.7 Å². The van der Waals surface area contributed by atoms with E-state index >= 15 is 8.78 Å². The second-order valence-corrected chi connectivity index (χ2v) is 19.1. The fourth-order valence-corrected chi connectivity index (χ4v) is 10.1. The molecule has 6 aromatic rings. The minimum atomic E-state index is -3.94. The summed E-state index contributed by atoms with van der Waals surface area (Å²) < 4.78 is 71.6. The molecule has 0 radical (unpaired) electrons. The predicted molar refractivity (Wildman–Crippen MR) is 233 cm³/mol.